The molecule has 1 unspecified atom stereocenters. The van der Waals surface area contributed by atoms with Gasteiger partial charge < -0.3 is 5.32 Å². The Balaban J connectivity index is 2.50. The zero-order valence-corrected chi connectivity index (χ0v) is 10.9. The zero-order chi connectivity index (χ0) is 11.1. The molecule has 1 aliphatic heterocycles. The molecule has 1 rings (SSSR count). The second-order valence-corrected chi connectivity index (χ2v) is 5.70. The number of hydrogen-bond acceptors (Lipinski definition) is 1. The molecule has 0 bridgehead atoms. The molecule has 1 heteroatoms. The lowest BCUT2D eigenvalue weighted by molar-refractivity contribution is 0.252. The fraction of sp³-hybridized carbons (Fsp3) is 1.00. The Hall–Kier alpha value is -0.0400. The van der Waals surface area contributed by atoms with Crippen molar-refractivity contribution in [3.8, 4) is 0 Å². The van der Waals surface area contributed by atoms with Crippen molar-refractivity contribution in [2.75, 3.05) is 6.54 Å². The maximum Gasteiger partial charge on any atom is 0.0181 e. The van der Waals surface area contributed by atoms with Crippen molar-refractivity contribution >= 4 is 0 Å². The molecule has 0 amide bonds. The van der Waals surface area contributed by atoms with E-state index in [1.807, 2.05) is 0 Å². The van der Waals surface area contributed by atoms with Gasteiger partial charge in [0.15, 0.2) is 0 Å². The summed E-state index contributed by atoms with van der Waals surface area (Å²) in [6, 6.07) is 0. The van der Waals surface area contributed by atoms with E-state index in [1.54, 1.807) is 0 Å². The summed E-state index contributed by atoms with van der Waals surface area (Å²) in [6.07, 6.45) is 11.1. The Morgan fingerprint density at radius 1 is 1.13 bits per heavy atom. The molecule has 1 fully saturated rings. The van der Waals surface area contributed by atoms with Gasteiger partial charge in [0.2, 0.25) is 0 Å². The smallest absolute Gasteiger partial charge is 0.0181 e. The molecule has 90 valence electrons. The molecule has 0 aliphatic carbocycles. The highest BCUT2D eigenvalue weighted by Gasteiger charge is 2.29. The molecule has 1 atom stereocenters. The summed E-state index contributed by atoms with van der Waals surface area (Å²) >= 11 is 0. The molecule has 0 aromatic heterocycles. The van der Waals surface area contributed by atoms with Crippen LogP contribution in [0.2, 0.25) is 0 Å². The first-order chi connectivity index (χ1) is 7.18. The summed E-state index contributed by atoms with van der Waals surface area (Å²) < 4.78 is 0. The molecule has 1 heterocycles. The normalized spacial score (nSPS) is 28.0. The van der Waals surface area contributed by atoms with Gasteiger partial charge in [0, 0.05) is 5.54 Å². The van der Waals surface area contributed by atoms with E-state index in [0.717, 1.165) is 5.92 Å². The lowest BCUT2D eigenvalue weighted by Crippen LogP contribution is -2.44. The van der Waals surface area contributed by atoms with Crippen molar-refractivity contribution in [1.29, 1.82) is 0 Å². The molecule has 0 saturated carbocycles. The van der Waals surface area contributed by atoms with Crippen LogP contribution in [-0.4, -0.2) is 12.1 Å². The number of hydrogen-bond donors (Lipinski definition) is 1. The minimum Gasteiger partial charge on any atom is -0.311 e. The lowest BCUT2D eigenvalue weighted by atomic mass is 9.82. The molecule has 1 aliphatic rings. The van der Waals surface area contributed by atoms with Crippen molar-refractivity contribution in [3.63, 3.8) is 0 Å². The second-order valence-electron chi connectivity index (χ2n) is 5.70. The minimum absolute atomic E-state index is 0.496. The average Bonchev–Trinajstić information content (AvgIpc) is 2.42. The molecule has 0 aromatic rings. The molecular formula is C14H29N. The Kier molecular flexibility index (Phi) is 5.66. The van der Waals surface area contributed by atoms with Crippen LogP contribution in [0.4, 0.5) is 0 Å². The molecule has 1 N–H and O–H groups in total. The van der Waals surface area contributed by atoms with E-state index in [1.165, 1.54) is 57.9 Å². The predicted octanol–water partition coefficient (Wildman–Crippen LogP) is 4.13. The van der Waals surface area contributed by atoms with Crippen LogP contribution in [0.25, 0.3) is 0 Å². The Morgan fingerprint density at radius 3 is 2.60 bits per heavy atom. The van der Waals surface area contributed by atoms with Crippen LogP contribution in [0, 0.1) is 5.92 Å². The van der Waals surface area contributed by atoms with Gasteiger partial charge in [-0.1, -0.05) is 40.0 Å². The van der Waals surface area contributed by atoms with E-state index in [-0.39, 0.29) is 0 Å². The Morgan fingerprint density at radius 2 is 1.93 bits per heavy atom. The van der Waals surface area contributed by atoms with Crippen molar-refractivity contribution in [1.82, 2.24) is 5.32 Å². The fourth-order valence-electron chi connectivity index (χ4n) is 2.80. The van der Waals surface area contributed by atoms with Gasteiger partial charge in [-0.15, -0.1) is 0 Å². The predicted molar refractivity (Wildman–Crippen MR) is 68.2 cm³/mol. The third-order valence-electron chi connectivity index (χ3n) is 3.76. The zero-order valence-electron chi connectivity index (χ0n) is 10.9. The van der Waals surface area contributed by atoms with Gasteiger partial charge in [-0.2, -0.15) is 0 Å². The van der Waals surface area contributed by atoms with E-state index >= 15 is 0 Å². The third-order valence-corrected chi connectivity index (χ3v) is 3.76. The van der Waals surface area contributed by atoms with E-state index in [2.05, 4.69) is 26.1 Å². The van der Waals surface area contributed by atoms with Crippen LogP contribution in [0.15, 0.2) is 0 Å². The summed E-state index contributed by atoms with van der Waals surface area (Å²) in [4.78, 5) is 0. The van der Waals surface area contributed by atoms with E-state index in [0.29, 0.717) is 5.54 Å². The highest BCUT2D eigenvalue weighted by Crippen LogP contribution is 2.29. The quantitative estimate of drug-likeness (QED) is 0.721. The van der Waals surface area contributed by atoms with Crippen molar-refractivity contribution < 1.29 is 0 Å². The number of nitrogens with one attached hydrogen (secondary N) is 1. The van der Waals surface area contributed by atoms with Gasteiger partial charge in [0.25, 0.3) is 0 Å². The van der Waals surface area contributed by atoms with Crippen LogP contribution in [-0.2, 0) is 0 Å². The topological polar surface area (TPSA) is 12.0 Å². The highest BCUT2D eigenvalue weighted by molar-refractivity contribution is 4.89. The van der Waals surface area contributed by atoms with Crippen LogP contribution in [0.3, 0.4) is 0 Å². The van der Waals surface area contributed by atoms with Gasteiger partial charge in [-0.25, -0.2) is 0 Å². The molecule has 0 spiro atoms. The van der Waals surface area contributed by atoms with Crippen LogP contribution < -0.4 is 5.32 Å². The largest absolute Gasteiger partial charge is 0.311 e. The summed E-state index contributed by atoms with van der Waals surface area (Å²) in [7, 11) is 0. The van der Waals surface area contributed by atoms with E-state index in [9.17, 15) is 0 Å². The van der Waals surface area contributed by atoms with E-state index < -0.39 is 0 Å². The maximum atomic E-state index is 3.85. The molecule has 15 heavy (non-hydrogen) atoms. The van der Waals surface area contributed by atoms with Gasteiger partial charge in [0.05, 0.1) is 0 Å². The van der Waals surface area contributed by atoms with Crippen LogP contribution >= 0.6 is 0 Å². The summed E-state index contributed by atoms with van der Waals surface area (Å²) in [5, 5.41) is 3.85. The van der Waals surface area contributed by atoms with Gasteiger partial charge >= 0.3 is 0 Å². The Labute approximate surface area is 96.0 Å². The maximum absolute atomic E-state index is 3.85. The van der Waals surface area contributed by atoms with Crippen LogP contribution in [0.5, 0.6) is 0 Å². The summed E-state index contributed by atoms with van der Waals surface area (Å²) in [5.41, 5.74) is 0.496. The molecule has 0 radical (unpaired) electrons. The average molecular weight is 211 g/mol. The standard InChI is InChI=1S/C14H29N/c1-4-9-14(11-8-13(2)3)10-6-5-7-12-15-14/h13,15H,4-12H2,1-3H3. The fourth-order valence-corrected chi connectivity index (χ4v) is 2.80. The monoisotopic (exact) mass is 211 g/mol. The number of rotatable bonds is 5. The first-order valence-corrected chi connectivity index (χ1v) is 6.93. The van der Waals surface area contributed by atoms with Gasteiger partial charge in [-0.3, -0.25) is 0 Å². The van der Waals surface area contributed by atoms with Gasteiger partial charge in [0.1, 0.15) is 0 Å². The summed E-state index contributed by atoms with van der Waals surface area (Å²) in [6.45, 7) is 8.26. The first kappa shape index (κ1) is 13.0. The first-order valence-electron chi connectivity index (χ1n) is 6.93. The molecule has 1 saturated heterocycles. The SMILES string of the molecule is CCCC1(CCC(C)C)CCCCCN1. The van der Waals surface area contributed by atoms with Crippen LogP contribution in [0.1, 0.15) is 72.1 Å². The molecular weight excluding hydrogens is 182 g/mol. The minimum atomic E-state index is 0.496. The summed E-state index contributed by atoms with van der Waals surface area (Å²) in [5.74, 6) is 0.851. The van der Waals surface area contributed by atoms with Crippen molar-refractivity contribution in [2.24, 2.45) is 5.92 Å². The third kappa shape index (κ3) is 4.55. The molecule has 1 nitrogen and oxygen atoms in total. The molecule has 0 aromatic carbocycles. The van der Waals surface area contributed by atoms with E-state index in [4.69, 9.17) is 0 Å². The Bertz CT molecular complexity index is 155. The van der Waals surface area contributed by atoms with Gasteiger partial charge in [-0.05, 0) is 44.6 Å². The highest BCUT2D eigenvalue weighted by atomic mass is 15.0. The van der Waals surface area contributed by atoms with Crippen molar-refractivity contribution in [3.05, 3.63) is 0 Å². The van der Waals surface area contributed by atoms with Crippen molar-refractivity contribution in [2.45, 2.75) is 77.7 Å². The second kappa shape index (κ2) is 6.52. The lowest BCUT2D eigenvalue weighted by Gasteiger charge is -2.34.